The summed E-state index contributed by atoms with van der Waals surface area (Å²) in [5.41, 5.74) is 0. The lowest BCUT2D eigenvalue weighted by Gasteiger charge is -2.34. The number of carbonyl (C=O) groups excluding carboxylic acids is 1. The Hall–Kier alpha value is -0.370. The summed E-state index contributed by atoms with van der Waals surface area (Å²) in [7, 11) is -1.22. The minimum atomic E-state index is -3.13. The molecule has 1 unspecified atom stereocenters. The fourth-order valence-corrected chi connectivity index (χ4v) is 5.32. The van der Waals surface area contributed by atoms with E-state index in [-0.39, 0.29) is 30.0 Å². The molecular formula is C16H32ClN3O3S. The number of piperidine rings is 1. The number of sulfonamides is 1. The lowest BCUT2D eigenvalue weighted by molar-refractivity contribution is -0.137. The summed E-state index contributed by atoms with van der Waals surface area (Å²) in [6.45, 7) is 4.67. The zero-order chi connectivity index (χ0) is 16.9. The normalized spacial score (nSPS) is 23.2. The molecule has 2 rings (SSSR count). The maximum absolute atomic E-state index is 12.7. The number of halogens is 1. The van der Waals surface area contributed by atoms with Gasteiger partial charge in [0.15, 0.2) is 0 Å². The highest BCUT2D eigenvalue weighted by Crippen LogP contribution is 2.26. The van der Waals surface area contributed by atoms with Crippen LogP contribution in [-0.4, -0.2) is 68.6 Å². The lowest BCUT2D eigenvalue weighted by atomic mass is 9.96. The van der Waals surface area contributed by atoms with Crippen molar-refractivity contribution in [3.8, 4) is 0 Å². The molecule has 24 heavy (non-hydrogen) atoms. The first-order valence-corrected chi connectivity index (χ1v) is 10.5. The zero-order valence-electron chi connectivity index (χ0n) is 14.9. The number of amides is 1. The molecule has 2 aliphatic heterocycles. The topological polar surface area (TPSA) is 69.7 Å². The first-order chi connectivity index (χ1) is 11.0. The largest absolute Gasteiger partial charge is 0.338 e. The predicted octanol–water partition coefficient (Wildman–Crippen LogP) is 1.46. The maximum Gasteiger partial charge on any atom is 0.226 e. The highest BCUT2D eigenvalue weighted by Gasteiger charge is 2.36. The number of carbonyl (C=O) groups is 1. The summed E-state index contributed by atoms with van der Waals surface area (Å²) in [6, 6.07) is 0.304. The van der Waals surface area contributed by atoms with E-state index < -0.39 is 10.0 Å². The molecule has 0 bridgehead atoms. The van der Waals surface area contributed by atoms with Crippen LogP contribution in [0.15, 0.2) is 0 Å². The van der Waals surface area contributed by atoms with E-state index in [1.165, 1.54) is 0 Å². The van der Waals surface area contributed by atoms with Crippen LogP contribution in [0.3, 0.4) is 0 Å². The number of likely N-dealkylation sites (tertiary alicyclic amines) is 1. The molecule has 1 N–H and O–H groups in total. The number of nitrogens with zero attached hydrogens (tertiary/aromatic N) is 2. The van der Waals surface area contributed by atoms with Crippen LogP contribution in [0, 0.1) is 5.92 Å². The highest BCUT2D eigenvalue weighted by molar-refractivity contribution is 7.89. The van der Waals surface area contributed by atoms with Gasteiger partial charge in [0, 0.05) is 38.1 Å². The van der Waals surface area contributed by atoms with Gasteiger partial charge < -0.3 is 10.2 Å². The molecule has 2 heterocycles. The van der Waals surface area contributed by atoms with Crippen LogP contribution in [0.5, 0.6) is 0 Å². The minimum Gasteiger partial charge on any atom is -0.338 e. The Kier molecular flexibility index (Phi) is 8.98. The van der Waals surface area contributed by atoms with Crippen LogP contribution in [0.25, 0.3) is 0 Å². The standard InChI is InChI=1S/C16H31N3O3S.ClH/c1-3-4-12-23(21,22)18-10-7-14(8-11-18)16(20)19-9-5-6-15(19)13-17-2;/h14-15,17H,3-13H2,1-2H3;1H. The Morgan fingerprint density at radius 1 is 1.17 bits per heavy atom. The van der Waals surface area contributed by atoms with Crippen LogP contribution >= 0.6 is 12.4 Å². The number of likely N-dealkylation sites (N-methyl/N-ethyl adjacent to an activating group) is 1. The monoisotopic (exact) mass is 381 g/mol. The second-order valence-electron chi connectivity index (χ2n) is 6.73. The van der Waals surface area contributed by atoms with Crippen LogP contribution < -0.4 is 5.32 Å². The first kappa shape index (κ1) is 21.7. The number of unbranched alkanes of at least 4 members (excludes halogenated alkanes) is 1. The van der Waals surface area contributed by atoms with Gasteiger partial charge in [0.2, 0.25) is 15.9 Å². The lowest BCUT2D eigenvalue weighted by Crippen LogP contribution is -2.47. The number of rotatable bonds is 7. The van der Waals surface area contributed by atoms with Crippen molar-refractivity contribution in [2.24, 2.45) is 5.92 Å². The van der Waals surface area contributed by atoms with Crippen LogP contribution in [-0.2, 0) is 14.8 Å². The number of hydrogen-bond donors (Lipinski definition) is 1. The second kappa shape index (κ2) is 9.94. The summed E-state index contributed by atoms with van der Waals surface area (Å²) in [5.74, 6) is 0.455. The van der Waals surface area contributed by atoms with Gasteiger partial charge in [0.05, 0.1) is 5.75 Å². The van der Waals surface area contributed by atoms with Gasteiger partial charge in [0.25, 0.3) is 0 Å². The molecular weight excluding hydrogens is 350 g/mol. The van der Waals surface area contributed by atoms with Crippen molar-refractivity contribution in [2.45, 2.75) is 51.5 Å². The fourth-order valence-electron chi connectivity index (χ4n) is 3.64. The third-order valence-electron chi connectivity index (χ3n) is 5.05. The quantitative estimate of drug-likeness (QED) is 0.724. The van der Waals surface area contributed by atoms with Gasteiger partial charge in [-0.1, -0.05) is 13.3 Å². The summed E-state index contributed by atoms with van der Waals surface area (Å²) in [6.07, 6.45) is 5.05. The smallest absolute Gasteiger partial charge is 0.226 e. The second-order valence-corrected chi connectivity index (χ2v) is 8.82. The highest BCUT2D eigenvalue weighted by atomic mass is 35.5. The van der Waals surface area contributed by atoms with Crippen molar-refractivity contribution < 1.29 is 13.2 Å². The van der Waals surface area contributed by atoms with E-state index in [0.717, 1.165) is 32.4 Å². The molecule has 0 spiro atoms. The maximum atomic E-state index is 12.7. The van der Waals surface area contributed by atoms with Crippen molar-refractivity contribution in [3.05, 3.63) is 0 Å². The van der Waals surface area contributed by atoms with E-state index in [4.69, 9.17) is 0 Å². The van der Waals surface area contributed by atoms with Crippen molar-refractivity contribution >= 4 is 28.3 Å². The Balaban J connectivity index is 0.00000288. The van der Waals surface area contributed by atoms with Gasteiger partial charge in [-0.15, -0.1) is 12.4 Å². The van der Waals surface area contributed by atoms with Crippen molar-refractivity contribution in [2.75, 3.05) is 39.0 Å². The number of hydrogen-bond acceptors (Lipinski definition) is 4. The van der Waals surface area contributed by atoms with Crippen LogP contribution in [0.4, 0.5) is 0 Å². The van der Waals surface area contributed by atoms with E-state index in [0.29, 0.717) is 38.4 Å². The van der Waals surface area contributed by atoms with Gasteiger partial charge in [-0.05, 0) is 39.2 Å². The number of nitrogens with one attached hydrogen (secondary N) is 1. The molecule has 0 aromatic carbocycles. The molecule has 2 saturated heterocycles. The molecule has 0 saturated carbocycles. The van der Waals surface area contributed by atoms with E-state index in [1.54, 1.807) is 4.31 Å². The third kappa shape index (κ3) is 5.31. The Bertz CT molecular complexity index is 493. The molecule has 1 amide bonds. The average molecular weight is 382 g/mol. The molecule has 0 aromatic heterocycles. The molecule has 142 valence electrons. The SMILES string of the molecule is CCCCS(=O)(=O)N1CCC(C(=O)N2CCCC2CNC)CC1.Cl. The van der Waals surface area contributed by atoms with Crippen LogP contribution in [0.1, 0.15) is 45.4 Å². The molecule has 0 aliphatic carbocycles. The van der Waals surface area contributed by atoms with E-state index in [1.807, 2.05) is 18.9 Å². The average Bonchev–Trinajstić information content (AvgIpc) is 3.01. The predicted molar refractivity (Wildman–Crippen MR) is 98.9 cm³/mol. The summed E-state index contributed by atoms with van der Waals surface area (Å²) >= 11 is 0. The molecule has 2 fully saturated rings. The van der Waals surface area contributed by atoms with Crippen LogP contribution in [0.2, 0.25) is 0 Å². The van der Waals surface area contributed by atoms with Crippen molar-refractivity contribution in [1.82, 2.24) is 14.5 Å². The van der Waals surface area contributed by atoms with E-state index >= 15 is 0 Å². The Morgan fingerprint density at radius 2 is 1.83 bits per heavy atom. The molecule has 0 aromatic rings. The summed E-state index contributed by atoms with van der Waals surface area (Å²) in [4.78, 5) is 14.8. The molecule has 0 radical (unpaired) electrons. The Morgan fingerprint density at radius 3 is 2.42 bits per heavy atom. The van der Waals surface area contributed by atoms with Gasteiger partial charge in [-0.2, -0.15) is 0 Å². The Labute approximate surface area is 152 Å². The van der Waals surface area contributed by atoms with E-state index in [9.17, 15) is 13.2 Å². The van der Waals surface area contributed by atoms with Gasteiger partial charge in [-0.25, -0.2) is 12.7 Å². The third-order valence-corrected chi connectivity index (χ3v) is 7.01. The zero-order valence-corrected chi connectivity index (χ0v) is 16.5. The first-order valence-electron chi connectivity index (χ1n) is 8.92. The van der Waals surface area contributed by atoms with E-state index in [2.05, 4.69) is 5.32 Å². The van der Waals surface area contributed by atoms with Crippen molar-refractivity contribution in [3.63, 3.8) is 0 Å². The van der Waals surface area contributed by atoms with Crippen molar-refractivity contribution in [1.29, 1.82) is 0 Å². The molecule has 6 nitrogen and oxygen atoms in total. The molecule has 8 heteroatoms. The minimum absolute atomic E-state index is 0. The molecule has 2 aliphatic rings. The summed E-state index contributed by atoms with van der Waals surface area (Å²) in [5, 5.41) is 3.16. The summed E-state index contributed by atoms with van der Waals surface area (Å²) < 4.78 is 26.1. The van der Waals surface area contributed by atoms with Gasteiger partial charge in [-0.3, -0.25) is 4.79 Å². The molecule has 1 atom stereocenters. The van der Waals surface area contributed by atoms with Gasteiger partial charge >= 0.3 is 0 Å². The van der Waals surface area contributed by atoms with Gasteiger partial charge in [0.1, 0.15) is 0 Å². The fraction of sp³-hybridized carbons (Fsp3) is 0.938.